The third kappa shape index (κ3) is 1.73. The fourth-order valence-electron chi connectivity index (χ4n) is 2.24. The second-order valence-corrected chi connectivity index (χ2v) is 4.22. The van der Waals surface area contributed by atoms with Gasteiger partial charge in [-0.25, -0.2) is 0 Å². The van der Waals surface area contributed by atoms with Gasteiger partial charge in [0.25, 0.3) is 11.5 Å². The Kier molecular flexibility index (Phi) is 2.31. The maximum Gasteiger partial charge on any atom is 0.382 e. The van der Waals surface area contributed by atoms with Gasteiger partial charge in [0, 0.05) is 24.2 Å². The molecule has 0 fully saturated rings. The molecule has 1 aliphatic heterocycles. The molecule has 1 aromatic heterocycles. The number of nitro groups is 2. The largest absolute Gasteiger partial charge is 0.382 e. The van der Waals surface area contributed by atoms with Gasteiger partial charge in [0.15, 0.2) is 0 Å². The first-order valence-electron chi connectivity index (χ1n) is 5.55. The number of fused-ring (bicyclic) bond motifs is 3. The van der Waals surface area contributed by atoms with E-state index in [0.717, 1.165) is 5.56 Å². The molecule has 0 aliphatic carbocycles. The molecule has 8 heteroatoms. The van der Waals surface area contributed by atoms with Gasteiger partial charge in [-0.1, -0.05) is 0 Å². The number of nitrogens with zero attached hydrogens (tertiary/aromatic N) is 4. The predicted octanol–water partition coefficient (Wildman–Crippen LogP) is 1.92. The van der Waals surface area contributed by atoms with E-state index in [1.54, 1.807) is 10.6 Å². The van der Waals surface area contributed by atoms with Gasteiger partial charge in [0.2, 0.25) is 0 Å². The van der Waals surface area contributed by atoms with E-state index in [1.165, 1.54) is 18.3 Å². The lowest BCUT2D eigenvalue weighted by atomic mass is 10.00. The Labute approximate surface area is 106 Å². The van der Waals surface area contributed by atoms with Gasteiger partial charge in [-0.2, -0.15) is 0 Å². The van der Waals surface area contributed by atoms with Gasteiger partial charge in [-0.05, 0) is 28.0 Å². The molecular weight excluding hydrogens is 252 g/mol. The second-order valence-electron chi connectivity index (χ2n) is 4.22. The highest BCUT2D eigenvalue weighted by molar-refractivity contribution is 5.66. The van der Waals surface area contributed by atoms with Crippen LogP contribution in [0.2, 0.25) is 0 Å². The van der Waals surface area contributed by atoms with Crippen LogP contribution >= 0.6 is 0 Å². The molecule has 0 saturated heterocycles. The molecule has 1 aliphatic rings. The van der Waals surface area contributed by atoms with Gasteiger partial charge in [0.05, 0.1) is 4.92 Å². The maximum absolute atomic E-state index is 10.7. The molecule has 1 aromatic carbocycles. The van der Waals surface area contributed by atoms with Gasteiger partial charge in [-0.3, -0.25) is 10.1 Å². The molecule has 0 amide bonds. The Morgan fingerprint density at radius 2 is 2.00 bits per heavy atom. The molecule has 8 nitrogen and oxygen atoms in total. The number of aryl methyl sites for hydroxylation is 2. The minimum atomic E-state index is -0.545. The van der Waals surface area contributed by atoms with Crippen LogP contribution in [0.3, 0.4) is 0 Å². The summed E-state index contributed by atoms with van der Waals surface area (Å²) in [6.07, 6.45) is 1.98. The van der Waals surface area contributed by atoms with Crippen LogP contribution < -0.4 is 0 Å². The van der Waals surface area contributed by atoms with Gasteiger partial charge in [-0.15, -0.1) is 0 Å². The highest BCUT2D eigenvalue weighted by Crippen LogP contribution is 2.32. The van der Waals surface area contributed by atoms with E-state index >= 15 is 0 Å². The van der Waals surface area contributed by atoms with Crippen LogP contribution in [0.5, 0.6) is 0 Å². The molecule has 19 heavy (non-hydrogen) atoms. The summed E-state index contributed by atoms with van der Waals surface area (Å²) in [5.41, 5.74) is 1.53. The molecule has 0 unspecified atom stereocenters. The summed E-state index contributed by atoms with van der Waals surface area (Å²) < 4.78 is 1.70. The number of benzene rings is 1. The average molecular weight is 260 g/mol. The maximum atomic E-state index is 10.7. The topological polar surface area (TPSA) is 104 Å². The molecular formula is C11H8N4O4. The van der Waals surface area contributed by atoms with E-state index in [0.29, 0.717) is 24.4 Å². The van der Waals surface area contributed by atoms with Crippen molar-refractivity contribution in [2.75, 3.05) is 0 Å². The molecule has 0 atom stereocenters. The second kappa shape index (κ2) is 3.87. The van der Waals surface area contributed by atoms with E-state index in [-0.39, 0.29) is 11.5 Å². The van der Waals surface area contributed by atoms with Crippen LogP contribution in [0.1, 0.15) is 5.56 Å². The molecule has 0 N–H and O–H groups in total. The van der Waals surface area contributed by atoms with Crippen molar-refractivity contribution in [2.45, 2.75) is 13.0 Å². The number of non-ortho nitro benzene ring substituents is 1. The Hall–Kier alpha value is -2.77. The van der Waals surface area contributed by atoms with Gasteiger partial charge < -0.3 is 14.7 Å². The third-order valence-electron chi connectivity index (χ3n) is 3.11. The SMILES string of the molecule is O=[N+]([O-])c1ccc2c(c1)CCn1cc([N+](=O)[O-])nc1-2. The lowest BCUT2D eigenvalue weighted by Crippen LogP contribution is -2.10. The standard InChI is InChI=1S/C11H8N4O4/c16-14(17)8-1-2-9-7(5-8)3-4-13-6-10(15(18)19)12-11(9)13/h1-2,5-6H,3-4H2. The van der Waals surface area contributed by atoms with Crippen molar-refractivity contribution in [3.05, 3.63) is 50.2 Å². The smallest absolute Gasteiger partial charge is 0.358 e. The minimum absolute atomic E-state index is 0.0215. The van der Waals surface area contributed by atoms with Crippen LogP contribution in [0.4, 0.5) is 11.5 Å². The van der Waals surface area contributed by atoms with E-state index in [9.17, 15) is 20.2 Å². The number of imidazole rings is 1. The molecule has 0 spiro atoms. The summed E-state index contributed by atoms with van der Waals surface area (Å²) in [5, 5.41) is 21.4. The number of aromatic nitrogens is 2. The van der Waals surface area contributed by atoms with Gasteiger partial charge >= 0.3 is 5.82 Å². The summed E-state index contributed by atoms with van der Waals surface area (Å²) in [6, 6.07) is 4.48. The van der Waals surface area contributed by atoms with Crippen molar-refractivity contribution in [2.24, 2.45) is 0 Å². The average Bonchev–Trinajstić information content (AvgIpc) is 2.82. The lowest BCUT2D eigenvalue weighted by Gasteiger charge is -2.14. The first-order chi connectivity index (χ1) is 9.06. The highest BCUT2D eigenvalue weighted by Gasteiger charge is 2.26. The molecule has 96 valence electrons. The van der Waals surface area contributed by atoms with Crippen molar-refractivity contribution in [3.63, 3.8) is 0 Å². The Bertz CT molecular complexity index is 707. The van der Waals surface area contributed by atoms with E-state index < -0.39 is 9.85 Å². The fraction of sp³-hybridized carbons (Fsp3) is 0.182. The first-order valence-corrected chi connectivity index (χ1v) is 5.55. The zero-order valence-corrected chi connectivity index (χ0v) is 9.65. The van der Waals surface area contributed by atoms with Crippen molar-refractivity contribution in [3.8, 4) is 11.4 Å². The number of nitro benzene ring substituents is 1. The summed E-state index contributed by atoms with van der Waals surface area (Å²) in [4.78, 5) is 24.4. The molecule has 3 rings (SSSR count). The fourth-order valence-corrected chi connectivity index (χ4v) is 2.24. The zero-order valence-electron chi connectivity index (χ0n) is 9.65. The zero-order chi connectivity index (χ0) is 13.6. The van der Waals surface area contributed by atoms with Crippen molar-refractivity contribution in [1.82, 2.24) is 9.55 Å². The Balaban J connectivity index is 2.13. The van der Waals surface area contributed by atoms with Crippen molar-refractivity contribution >= 4 is 11.5 Å². The summed E-state index contributed by atoms with van der Waals surface area (Å²) in [7, 11) is 0. The van der Waals surface area contributed by atoms with Gasteiger partial charge in [0.1, 0.15) is 6.20 Å². The third-order valence-corrected chi connectivity index (χ3v) is 3.11. The van der Waals surface area contributed by atoms with Crippen molar-refractivity contribution in [1.29, 1.82) is 0 Å². The van der Waals surface area contributed by atoms with Crippen molar-refractivity contribution < 1.29 is 9.85 Å². The molecule has 0 radical (unpaired) electrons. The van der Waals surface area contributed by atoms with Crippen LogP contribution in [-0.4, -0.2) is 19.4 Å². The number of rotatable bonds is 2. The van der Waals surface area contributed by atoms with Crippen LogP contribution in [-0.2, 0) is 13.0 Å². The van der Waals surface area contributed by atoms with E-state index in [1.807, 2.05) is 0 Å². The number of hydrogen-bond donors (Lipinski definition) is 0. The minimum Gasteiger partial charge on any atom is -0.358 e. The normalized spacial score (nSPS) is 12.6. The Morgan fingerprint density at radius 1 is 1.21 bits per heavy atom. The predicted molar refractivity (Wildman–Crippen MR) is 64.7 cm³/mol. The van der Waals surface area contributed by atoms with E-state index in [2.05, 4.69) is 4.98 Å². The summed E-state index contributed by atoms with van der Waals surface area (Å²) >= 11 is 0. The monoisotopic (exact) mass is 260 g/mol. The van der Waals surface area contributed by atoms with E-state index in [4.69, 9.17) is 0 Å². The summed E-state index contributed by atoms with van der Waals surface area (Å²) in [5.74, 6) is 0.282. The molecule has 2 heterocycles. The summed E-state index contributed by atoms with van der Waals surface area (Å²) in [6.45, 7) is 0.532. The molecule has 0 bridgehead atoms. The first kappa shape index (κ1) is 11.3. The van der Waals surface area contributed by atoms with Crippen LogP contribution in [0.15, 0.2) is 24.4 Å². The van der Waals surface area contributed by atoms with Crippen LogP contribution in [0, 0.1) is 20.2 Å². The van der Waals surface area contributed by atoms with Crippen LogP contribution in [0.25, 0.3) is 11.4 Å². The number of hydrogen-bond acceptors (Lipinski definition) is 5. The quantitative estimate of drug-likeness (QED) is 0.606. The molecule has 0 saturated carbocycles. The Morgan fingerprint density at radius 3 is 2.68 bits per heavy atom. The highest BCUT2D eigenvalue weighted by atomic mass is 16.6. The lowest BCUT2D eigenvalue weighted by molar-refractivity contribution is -0.389. The molecule has 2 aromatic rings.